The largest absolute Gasteiger partial charge is 0.399 e. The Morgan fingerprint density at radius 2 is 2.28 bits per heavy atom. The molecule has 0 unspecified atom stereocenters. The van der Waals surface area contributed by atoms with Gasteiger partial charge in [-0.1, -0.05) is 12.1 Å². The van der Waals surface area contributed by atoms with Crippen molar-refractivity contribution in [1.82, 2.24) is 4.98 Å². The fraction of sp³-hybridized carbons (Fsp3) is 0.231. The second-order valence-corrected chi connectivity index (χ2v) is 5.28. The van der Waals surface area contributed by atoms with Crippen LogP contribution in [0.25, 0.3) is 11.3 Å². The Labute approximate surface area is 109 Å². The molecule has 18 heavy (non-hydrogen) atoms. The van der Waals surface area contributed by atoms with Gasteiger partial charge in [-0.3, -0.25) is 4.79 Å². The molecule has 5 heteroatoms. The third-order valence-electron chi connectivity index (χ3n) is 2.86. The van der Waals surface area contributed by atoms with E-state index in [1.807, 2.05) is 29.6 Å². The van der Waals surface area contributed by atoms with Crippen molar-refractivity contribution in [2.45, 2.75) is 12.8 Å². The first kappa shape index (κ1) is 11.2. The average molecular weight is 259 g/mol. The van der Waals surface area contributed by atoms with Gasteiger partial charge >= 0.3 is 0 Å². The standard InChI is InChI=1S/C13H13N3OS/c14-10-3-1-2-9(6-10)11-7-18-13(15-11)16-12(17)8-4-5-8/h1-3,6-8H,4-5,14H2,(H,15,16,17). The van der Waals surface area contributed by atoms with Gasteiger partial charge in [0.2, 0.25) is 5.91 Å². The molecule has 4 nitrogen and oxygen atoms in total. The monoisotopic (exact) mass is 259 g/mol. The number of rotatable bonds is 3. The lowest BCUT2D eigenvalue weighted by Gasteiger charge is -1.99. The molecule has 1 heterocycles. The van der Waals surface area contributed by atoms with E-state index in [2.05, 4.69) is 10.3 Å². The molecule has 0 bridgehead atoms. The normalized spacial score (nSPS) is 14.4. The van der Waals surface area contributed by atoms with Gasteiger partial charge in [-0.05, 0) is 25.0 Å². The highest BCUT2D eigenvalue weighted by Crippen LogP contribution is 2.31. The van der Waals surface area contributed by atoms with E-state index in [-0.39, 0.29) is 11.8 Å². The van der Waals surface area contributed by atoms with Crippen LogP contribution in [0.2, 0.25) is 0 Å². The number of nitrogens with zero attached hydrogens (tertiary/aromatic N) is 1. The van der Waals surface area contributed by atoms with Crippen LogP contribution in [0.15, 0.2) is 29.6 Å². The van der Waals surface area contributed by atoms with Crippen LogP contribution < -0.4 is 11.1 Å². The van der Waals surface area contributed by atoms with Gasteiger partial charge in [0.1, 0.15) is 0 Å². The number of carbonyl (C=O) groups excluding carboxylic acids is 1. The second kappa shape index (κ2) is 4.42. The van der Waals surface area contributed by atoms with Gasteiger partial charge in [0.25, 0.3) is 0 Å². The van der Waals surface area contributed by atoms with E-state index < -0.39 is 0 Å². The van der Waals surface area contributed by atoms with Crippen molar-refractivity contribution in [1.29, 1.82) is 0 Å². The second-order valence-electron chi connectivity index (χ2n) is 4.43. The predicted molar refractivity (Wildman–Crippen MR) is 73.3 cm³/mol. The van der Waals surface area contributed by atoms with Crippen LogP contribution >= 0.6 is 11.3 Å². The highest BCUT2D eigenvalue weighted by atomic mass is 32.1. The summed E-state index contributed by atoms with van der Waals surface area (Å²) in [7, 11) is 0. The van der Waals surface area contributed by atoms with E-state index in [1.165, 1.54) is 11.3 Å². The SMILES string of the molecule is Nc1cccc(-c2csc(NC(=O)C3CC3)n2)c1. The summed E-state index contributed by atoms with van der Waals surface area (Å²) in [5.41, 5.74) is 8.27. The highest BCUT2D eigenvalue weighted by Gasteiger charge is 2.30. The number of aromatic nitrogens is 1. The number of carbonyl (C=O) groups is 1. The molecule has 0 atom stereocenters. The van der Waals surface area contributed by atoms with E-state index in [1.54, 1.807) is 0 Å². The summed E-state index contributed by atoms with van der Waals surface area (Å²) in [5, 5.41) is 5.43. The van der Waals surface area contributed by atoms with Crippen molar-refractivity contribution >= 4 is 28.1 Å². The summed E-state index contributed by atoms with van der Waals surface area (Å²) < 4.78 is 0. The van der Waals surface area contributed by atoms with Gasteiger partial charge in [0.15, 0.2) is 5.13 Å². The van der Waals surface area contributed by atoms with Crippen LogP contribution in [0.4, 0.5) is 10.8 Å². The minimum atomic E-state index is 0.0866. The number of nitrogens with one attached hydrogen (secondary N) is 1. The van der Waals surface area contributed by atoms with E-state index >= 15 is 0 Å². The third kappa shape index (κ3) is 2.36. The first-order valence-corrected chi connectivity index (χ1v) is 6.72. The lowest BCUT2D eigenvalue weighted by molar-refractivity contribution is -0.117. The molecule has 0 saturated heterocycles. The molecule has 1 aromatic carbocycles. The van der Waals surface area contributed by atoms with Crippen molar-refractivity contribution in [2.75, 3.05) is 11.1 Å². The summed E-state index contributed by atoms with van der Waals surface area (Å²) in [6.45, 7) is 0. The van der Waals surface area contributed by atoms with Crippen LogP contribution in [0.3, 0.4) is 0 Å². The van der Waals surface area contributed by atoms with Crippen LogP contribution in [0, 0.1) is 5.92 Å². The van der Waals surface area contributed by atoms with Gasteiger partial charge in [-0.2, -0.15) is 0 Å². The van der Waals surface area contributed by atoms with Gasteiger partial charge in [-0.15, -0.1) is 11.3 Å². The number of amides is 1. The molecule has 1 aromatic heterocycles. The maximum absolute atomic E-state index is 11.6. The molecule has 0 aliphatic heterocycles. The highest BCUT2D eigenvalue weighted by molar-refractivity contribution is 7.14. The summed E-state index contributed by atoms with van der Waals surface area (Å²) in [6, 6.07) is 7.57. The maximum Gasteiger partial charge on any atom is 0.229 e. The summed E-state index contributed by atoms with van der Waals surface area (Å²) in [4.78, 5) is 16.0. The summed E-state index contributed by atoms with van der Waals surface area (Å²) in [5.74, 6) is 0.285. The van der Waals surface area contributed by atoms with E-state index in [0.29, 0.717) is 10.8 Å². The fourth-order valence-corrected chi connectivity index (χ4v) is 2.44. The van der Waals surface area contributed by atoms with Gasteiger partial charge < -0.3 is 11.1 Å². The van der Waals surface area contributed by atoms with E-state index in [9.17, 15) is 4.79 Å². The summed E-state index contributed by atoms with van der Waals surface area (Å²) >= 11 is 1.44. The quantitative estimate of drug-likeness (QED) is 0.833. The molecule has 92 valence electrons. The molecule has 2 aromatic rings. The first-order chi connectivity index (χ1) is 8.72. The zero-order valence-electron chi connectivity index (χ0n) is 9.72. The Bertz CT molecular complexity index is 589. The molecule has 1 fully saturated rings. The maximum atomic E-state index is 11.6. The van der Waals surface area contributed by atoms with E-state index in [0.717, 1.165) is 24.1 Å². The van der Waals surface area contributed by atoms with Crippen molar-refractivity contribution in [3.63, 3.8) is 0 Å². The minimum Gasteiger partial charge on any atom is -0.399 e. The molecule has 1 amide bonds. The number of benzene rings is 1. The Kier molecular flexibility index (Phi) is 2.76. The molecule has 1 aliphatic rings. The minimum absolute atomic E-state index is 0.0866. The van der Waals surface area contributed by atoms with Crippen molar-refractivity contribution < 1.29 is 4.79 Å². The zero-order valence-corrected chi connectivity index (χ0v) is 10.5. The third-order valence-corrected chi connectivity index (χ3v) is 3.62. The lowest BCUT2D eigenvalue weighted by Crippen LogP contribution is -2.12. The fourth-order valence-electron chi connectivity index (χ4n) is 1.71. The van der Waals surface area contributed by atoms with E-state index in [4.69, 9.17) is 5.73 Å². The zero-order chi connectivity index (χ0) is 12.5. The van der Waals surface area contributed by atoms with Gasteiger partial charge in [0, 0.05) is 22.5 Å². The number of anilines is 2. The van der Waals surface area contributed by atoms with Gasteiger partial charge in [0.05, 0.1) is 5.69 Å². The average Bonchev–Trinajstić information content (AvgIpc) is 3.10. The molecule has 0 spiro atoms. The predicted octanol–water partition coefficient (Wildman–Crippen LogP) is 2.74. The molecule has 0 radical (unpaired) electrons. The van der Waals surface area contributed by atoms with Gasteiger partial charge in [-0.25, -0.2) is 4.98 Å². The van der Waals surface area contributed by atoms with Crippen molar-refractivity contribution in [2.24, 2.45) is 5.92 Å². The Hall–Kier alpha value is -1.88. The van der Waals surface area contributed by atoms with Crippen LogP contribution in [0.1, 0.15) is 12.8 Å². The Morgan fingerprint density at radius 3 is 3.00 bits per heavy atom. The number of thiazole rings is 1. The number of hydrogen-bond donors (Lipinski definition) is 2. The molecule has 1 aliphatic carbocycles. The van der Waals surface area contributed by atoms with Crippen molar-refractivity contribution in [3.05, 3.63) is 29.6 Å². The topological polar surface area (TPSA) is 68.0 Å². The van der Waals surface area contributed by atoms with Crippen LogP contribution in [-0.4, -0.2) is 10.9 Å². The molecule has 1 saturated carbocycles. The number of nitrogens with two attached hydrogens (primary N) is 1. The molecular weight excluding hydrogens is 246 g/mol. The van der Waals surface area contributed by atoms with Crippen LogP contribution in [-0.2, 0) is 4.79 Å². The first-order valence-electron chi connectivity index (χ1n) is 5.85. The number of nitrogen functional groups attached to an aromatic ring is 1. The molecule has 3 N–H and O–H groups in total. The Morgan fingerprint density at radius 1 is 1.44 bits per heavy atom. The Balaban J connectivity index is 1.78. The summed E-state index contributed by atoms with van der Waals surface area (Å²) in [6.07, 6.45) is 2.00. The lowest BCUT2D eigenvalue weighted by atomic mass is 10.1. The molecule has 3 rings (SSSR count). The van der Waals surface area contributed by atoms with Crippen molar-refractivity contribution in [3.8, 4) is 11.3 Å². The number of hydrogen-bond acceptors (Lipinski definition) is 4. The van der Waals surface area contributed by atoms with Crippen LogP contribution in [0.5, 0.6) is 0 Å². The smallest absolute Gasteiger partial charge is 0.229 e. The molecular formula is C13H13N3OS.